The summed E-state index contributed by atoms with van der Waals surface area (Å²) >= 11 is 0. The summed E-state index contributed by atoms with van der Waals surface area (Å²) in [4.78, 5) is 13.0. The predicted octanol–water partition coefficient (Wildman–Crippen LogP) is 3.23. The van der Waals surface area contributed by atoms with Gasteiger partial charge in [0.2, 0.25) is 0 Å². The highest BCUT2D eigenvalue weighted by atomic mass is 16.5. The van der Waals surface area contributed by atoms with Crippen LogP contribution in [-0.2, 0) is 9.53 Å². The van der Waals surface area contributed by atoms with E-state index in [-0.39, 0.29) is 12.1 Å². The summed E-state index contributed by atoms with van der Waals surface area (Å²) in [6, 6.07) is 0. The highest BCUT2D eigenvalue weighted by molar-refractivity contribution is 5.66. The van der Waals surface area contributed by atoms with E-state index in [4.69, 9.17) is 4.74 Å². The Morgan fingerprint density at radius 2 is 1.71 bits per heavy atom. The average Bonchev–Trinajstić information content (AvgIpc) is 2.21. The highest BCUT2D eigenvalue weighted by Crippen LogP contribution is 2.11. The minimum absolute atomic E-state index is 0.0636. The molecule has 0 fully saturated rings. The molecule has 0 heterocycles. The van der Waals surface area contributed by atoms with E-state index in [2.05, 4.69) is 11.8 Å². The summed E-state index contributed by atoms with van der Waals surface area (Å²) in [6.45, 7) is 4.55. The van der Waals surface area contributed by atoms with E-state index in [9.17, 15) is 4.79 Å². The van der Waals surface area contributed by atoms with Gasteiger partial charge in [0, 0.05) is 13.5 Å². The Kier molecular flexibility index (Phi) is 10.2. The molecule has 102 valence electrons. The zero-order chi connectivity index (χ0) is 13.1. The Balaban J connectivity index is 3.64. The van der Waals surface area contributed by atoms with Crippen LogP contribution >= 0.6 is 0 Å². The van der Waals surface area contributed by atoms with E-state index < -0.39 is 0 Å². The van der Waals surface area contributed by atoms with Crippen molar-refractivity contribution in [3.63, 3.8) is 0 Å². The fourth-order valence-corrected chi connectivity index (χ4v) is 1.98. The number of likely N-dealkylation sites (N-methyl/N-ethyl adjacent to an activating group) is 1. The summed E-state index contributed by atoms with van der Waals surface area (Å²) in [7, 11) is 4.02. The molecule has 0 aromatic rings. The minimum atomic E-state index is -0.164. The largest absolute Gasteiger partial charge is 0.461 e. The number of unbranched alkanes of at least 4 members (excludes halogenated alkanes) is 5. The number of nitrogens with zero attached hydrogens (tertiary/aromatic N) is 1. The Morgan fingerprint density at radius 3 is 2.24 bits per heavy atom. The molecule has 0 radical (unpaired) electrons. The smallest absolute Gasteiger partial charge is 0.302 e. The maximum absolute atomic E-state index is 11.0. The van der Waals surface area contributed by atoms with Crippen LogP contribution in [-0.4, -0.2) is 37.6 Å². The number of esters is 1. The number of carbonyl (C=O) groups is 1. The van der Waals surface area contributed by atoms with Gasteiger partial charge in [-0.25, -0.2) is 0 Å². The lowest BCUT2D eigenvalue weighted by molar-refractivity contribution is -0.147. The Labute approximate surface area is 107 Å². The SMILES string of the molecule is CCCCCCCCC(CN(C)C)OC(C)=O. The molecule has 0 aliphatic heterocycles. The number of hydrogen-bond acceptors (Lipinski definition) is 3. The van der Waals surface area contributed by atoms with Crippen molar-refractivity contribution in [3.8, 4) is 0 Å². The topological polar surface area (TPSA) is 29.5 Å². The third kappa shape index (κ3) is 11.7. The molecule has 0 aliphatic rings. The van der Waals surface area contributed by atoms with Crippen LogP contribution in [0.3, 0.4) is 0 Å². The first-order chi connectivity index (χ1) is 8.06. The normalized spacial score (nSPS) is 12.8. The van der Waals surface area contributed by atoms with Gasteiger partial charge in [0.15, 0.2) is 0 Å². The average molecular weight is 243 g/mol. The lowest BCUT2D eigenvalue weighted by atomic mass is 10.1. The van der Waals surface area contributed by atoms with E-state index >= 15 is 0 Å². The van der Waals surface area contributed by atoms with Gasteiger partial charge in [-0.15, -0.1) is 0 Å². The monoisotopic (exact) mass is 243 g/mol. The molecule has 0 N–H and O–H groups in total. The second kappa shape index (κ2) is 10.6. The Bertz CT molecular complexity index is 193. The standard InChI is InChI=1S/C14H29NO2/c1-5-6-7-8-9-10-11-14(12-15(3)4)17-13(2)16/h14H,5-12H2,1-4H3. The summed E-state index contributed by atoms with van der Waals surface area (Å²) in [5.41, 5.74) is 0. The van der Waals surface area contributed by atoms with Crippen molar-refractivity contribution in [1.29, 1.82) is 0 Å². The van der Waals surface area contributed by atoms with Gasteiger partial charge in [-0.2, -0.15) is 0 Å². The summed E-state index contributed by atoms with van der Waals surface area (Å²) < 4.78 is 5.31. The number of rotatable bonds is 10. The zero-order valence-electron chi connectivity index (χ0n) is 12.0. The highest BCUT2D eigenvalue weighted by Gasteiger charge is 2.12. The van der Waals surface area contributed by atoms with E-state index in [1.807, 2.05) is 14.1 Å². The van der Waals surface area contributed by atoms with Crippen LogP contribution in [0.1, 0.15) is 58.8 Å². The van der Waals surface area contributed by atoms with Gasteiger partial charge in [0.1, 0.15) is 6.10 Å². The molecule has 0 saturated carbocycles. The fourth-order valence-electron chi connectivity index (χ4n) is 1.98. The van der Waals surface area contributed by atoms with Gasteiger partial charge in [0.25, 0.3) is 0 Å². The van der Waals surface area contributed by atoms with Crippen molar-refractivity contribution in [3.05, 3.63) is 0 Å². The molecule has 0 bridgehead atoms. The van der Waals surface area contributed by atoms with Crippen LogP contribution in [0, 0.1) is 0 Å². The molecule has 1 atom stereocenters. The molecule has 0 aromatic heterocycles. The van der Waals surface area contributed by atoms with Crippen molar-refractivity contribution >= 4 is 5.97 Å². The van der Waals surface area contributed by atoms with Crippen molar-refractivity contribution < 1.29 is 9.53 Å². The van der Waals surface area contributed by atoms with Crippen molar-refractivity contribution in [1.82, 2.24) is 4.90 Å². The lowest BCUT2D eigenvalue weighted by Gasteiger charge is -2.20. The van der Waals surface area contributed by atoms with Crippen molar-refractivity contribution in [2.75, 3.05) is 20.6 Å². The predicted molar refractivity (Wildman–Crippen MR) is 72.1 cm³/mol. The van der Waals surface area contributed by atoms with Gasteiger partial charge in [-0.1, -0.05) is 39.0 Å². The van der Waals surface area contributed by atoms with E-state index in [1.165, 1.54) is 39.0 Å². The van der Waals surface area contributed by atoms with Gasteiger partial charge in [0.05, 0.1) is 0 Å². The number of carbonyl (C=O) groups excluding carboxylic acids is 1. The molecule has 0 spiro atoms. The molecule has 0 aliphatic carbocycles. The molecule has 1 unspecified atom stereocenters. The first kappa shape index (κ1) is 16.4. The molecule has 17 heavy (non-hydrogen) atoms. The summed E-state index contributed by atoms with van der Waals surface area (Å²) in [5.74, 6) is -0.164. The second-order valence-corrected chi connectivity index (χ2v) is 5.05. The van der Waals surface area contributed by atoms with Crippen LogP contribution in [0.2, 0.25) is 0 Å². The third-order valence-electron chi connectivity index (χ3n) is 2.78. The van der Waals surface area contributed by atoms with Crippen LogP contribution in [0.25, 0.3) is 0 Å². The molecule has 0 rings (SSSR count). The molecule has 0 aromatic carbocycles. The first-order valence-electron chi connectivity index (χ1n) is 6.88. The quantitative estimate of drug-likeness (QED) is 0.436. The van der Waals surface area contributed by atoms with Gasteiger partial charge >= 0.3 is 5.97 Å². The lowest BCUT2D eigenvalue weighted by Crippen LogP contribution is -2.29. The van der Waals surface area contributed by atoms with Crippen LogP contribution < -0.4 is 0 Å². The summed E-state index contributed by atoms with van der Waals surface area (Å²) in [6.07, 6.45) is 8.74. The maximum Gasteiger partial charge on any atom is 0.302 e. The fraction of sp³-hybridized carbons (Fsp3) is 0.929. The van der Waals surface area contributed by atoms with E-state index in [0.717, 1.165) is 19.4 Å². The second-order valence-electron chi connectivity index (χ2n) is 5.05. The minimum Gasteiger partial charge on any atom is -0.461 e. The van der Waals surface area contributed by atoms with Gasteiger partial charge in [-0.05, 0) is 26.9 Å². The number of hydrogen-bond donors (Lipinski definition) is 0. The van der Waals surface area contributed by atoms with Crippen molar-refractivity contribution in [2.24, 2.45) is 0 Å². The van der Waals surface area contributed by atoms with Gasteiger partial charge < -0.3 is 9.64 Å². The van der Waals surface area contributed by atoms with E-state index in [0.29, 0.717) is 0 Å². The Morgan fingerprint density at radius 1 is 1.12 bits per heavy atom. The molecular weight excluding hydrogens is 214 g/mol. The van der Waals surface area contributed by atoms with Crippen LogP contribution in [0.15, 0.2) is 0 Å². The third-order valence-corrected chi connectivity index (χ3v) is 2.78. The molecular formula is C14H29NO2. The number of ether oxygens (including phenoxy) is 1. The maximum atomic E-state index is 11.0. The molecule has 3 nitrogen and oxygen atoms in total. The van der Waals surface area contributed by atoms with Crippen LogP contribution in [0.5, 0.6) is 0 Å². The van der Waals surface area contributed by atoms with Crippen molar-refractivity contribution in [2.45, 2.75) is 64.9 Å². The molecule has 0 amide bonds. The molecule has 0 saturated heterocycles. The first-order valence-corrected chi connectivity index (χ1v) is 6.88. The molecule has 3 heteroatoms. The van der Waals surface area contributed by atoms with Gasteiger partial charge in [-0.3, -0.25) is 4.79 Å². The zero-order valence-corrected chi connectivity index (χ0v) is 12.0. The van der Waals surface area contributed by atoms with Crippen LogP contribution in [0.4, 0.5) is 0 Å². The van der Waals surface area contributed by atoms with E-state index in [1.54, 1.807) is 0 Å². The Hall–Kier alpha value is -0.570. The summed E-state index contributed by atoms with van der Waals surface area (Å²) in [5, 5.41) is 0.